The summed E-state index contributed by atoms with van der Waals surface area (Å²) in [5.74, 6) is 1.57. The van der Waals surface area contributed by atoms with Crippen LogP contribution in [0.1, 0.15) is 174 Å². The number of aryl methyl sites for hydroxylation is 2. The van der Waals surface area contributed by atoms with Crippen molar-refractivity contribution in [3.8, 4) is 0 Å². The van der Waals surface area contributed by atoms with E-state index in [1.807, 2.05) is 0 Å². The molecule has 0 aliphatic rings. The smallest absolute Gasteiger partial charge is 0.235 e. The van der Waals surface area contributed by atoms with Gasteiger partial charge in [-0.3, -0.25) is 0 Å². The fourth-order valence-corrected chi connectivity index (χ4v) is 5.35. The molecule has 0 fully saturated rings. The second-order valence-electron chi connectivity index (χ2n) is 10.9. The number of nitrogens with zero attached hydrogens (tertiary/aromatic N) is 2. The molecule has 0 spiro atoms. The van der Waals surface area contributed by atoms with Gasteiger partial charge in [-0.1, -0.05) is 142 Å². The Morgan fingerprint density at radius 2 is 0.882 bits per heavy atom. The zero-order valence-electron chi connectivity index (χ0n) is 23.9. The van der Waals surface area contributed by atoms with Gasteiger partial charge in [-0.05, 0) is 26.2 Å². The number of aromatic nitrogens is 2. The molecule has 1 rings (SSSR count). The minimum atomic E-state index is 1.11. The highest BCUT2D eigenvalue weighted by Gasteiger charge is 2.15. The molecule has 1 heterocycles. The Kier molecular flexibility index (Phi) is 22.0. The Labute approximate surface area is 215 Å². The van der Waals surface area contributed by atoms with Crippen LogP contribution in [-0.4, -0.2) is 4.57 Å². The molecular weight excluding hydrogens is 412 g/mol. The highest BCUT2D eigenvalue weighted by molar-refractivity contribution is 4.84. The summed E-state index contributed by atoms with van der Waals surface area (Å²) in [5, 5.41) is 0. The minimum Gasteiger partial charge on any atom is -0.235 e. The van der Waals surface area contributed by atoms with Gasteiger partial charge in [-0.2, -0.15) is 0 Å². The molecule has 200 valence electrons. The number of hydrogen-bond donors (Lipinski definition) is 0. The molecule has 0 unspecified atom stereocenters. The molecule has 0 aromatic carbocycles. The predicted molar refractivity (Wildman–Crippen MR) is 152 cm³/mol. The molecule has 0 atom stereocenters. The van der Waals surface area contributed by atoms with Gasteiger partial charge in [0.15, 0.2) is 0 Å². The first-order chi connectivity index (χ1) is 16.8. The standard InChI is InChI=1S/C32H63N2/c1-4-7-9-11-13-15-17-18-19-21-23-25-27-29-34-31-30-33(6-3)32(34)28-26-24-22-20-16-14-12-10-8-5-2/h30-31H,4-29H2,1-3H3/q+1. The Hall–Kier alpha value is -0.790. The summed E-state index contributed by atoms with van der Waals surface area (Å²) in [6.45, 7) is 9.23. The lowest BCUT2D eigenvalue weighted by Crippen LogP contribution is -2.36. The number of hydrogen-bond acceptors (Lipinski definition) is 0. The summed E-state index contributed by atoms with van der Waals surface area (Å²) >= 11 is 0. The summed E-state index contributed by atoms with van der Waals surface area (Å²) in [5.41, 5.74) is 0. The van der Waals surface area contributed by atoms with Crippen LogP contribution in [0.3, 0.4) is 0 Å². The lowest BCUT2D eigenvalue weighted by molar-refractivity contribution is -0.700. The van der Waals surface area contributed by atoms with E-state index < -0.39 is 0 Å². The maximum Gasteiger partial charge on any atom is 0.256 e. The van der Waals surface area contributed by atoms with Crippen LogP contribution in [0.2, 0.25) is 0 Å². The highest BCUT2D eigenvalue weighted by atomic mass is 15.1. The van der Waals surface area contributed by atoms with Crippen LogP contribution < -0.4 is 4.57 Å². The lowest BCUT2D eigenvalue weighted by Gasteiger charge is -2.06. The fraction of sp³-hybridized carbons (Fsp3) is 0.906. The molecule has 2 heteroatoms. The SMILES string of the molecule is CCCCCCCCCCCCCCCn1cc[n+](CC)c1CCCCCCCCCCCC. The first kappa shape index (κ1) is 31.2. The van der Waals surface area contributed by atoms with Crippen molar-refractivity contribution >= 4 is 0 Å². The van der Waals surface area contributed by atoms with Gasteiger partial charge in [0.25, 0.3) is 5.82 Å². The van der Waals surface area contributed by atoms with Crippen molar-refractivity contribution in [2.24, 2.45) is 0 Å². The Morgan fingerprint density at radius 1 is 0.500 bits per heavy atom. The van der Waals surface area contributed by atoms with Crippen molar-refractivity contribution in [3.63, 3.8) is 0 Å². The average Bonchev–Trinajstić information content (AvgIpc) is 3.24. The Bertz CT molecular complexity index is 533. The van der Waals surface area contributed by atoms with Gasteiger partial charge in [-0.15, -0.1) is 0 Å². The Morgan fingerprint density at radius 3 is 1.29 bits per heavy atom. The van der Waals surface area contributed by atoms with Crippen molar-refractivity contribution in [1.29, 1.82) is 0 Å². The number of unbranched alkanes of at least 4 members (excludes halogenated alkanes) is 21. The molecule has 1 aromatic rings. The molecule has 0 radical (unpaired) electrons. The summed E-state index contributed by atoms with van der Waals surface area (Å²) in [6, 6.07) is 0. The maximum absolute atomic E-state index is 2.57. The average molecular weight is 476 g/mol. The quantitative estimate of drug-likeness (QED) is 0.0930. The highest BCUT2D eigenvalue weighted by Crippen LogP contribution is 2.14. The van der Waals surface area contributed by atoms with E-state index >= 15 is 0 Å². The second kappa shape index (κ2) is 23.9. The summed E-state index contributed by atoms with van der Waals surface area (Å²) in [4.78, 5) is 0. The van der Waals surface area contributed by atoms with E-state index in [4.69, 9.17) is 0 Å². The maximum atomic E-state index is 2.57. The van der Waals surface area contributed by atoms with Crippen LogP contribution in [0.15, 0.2) is 12.4 Å². The van der Waals surface area contributed by atoms with Crippen molar-refractivity contribution in [1.82, 2.24) is 4.57 Å². The van der Waals surface area contributed by atoms with Gasteiger partial charge in [0.05, 0.1) is 13.1 Å². The van der Waals surface area contributed by atoms with Gasteiger partial charge < -0.3 is 0 Å². The van der Waals surface area contributed by atoms with Crippen molar-refractivity contribution in [2.75, 3.05) is 0 Å². The topological polar surface area (TPSA) is 8.81 Å². The number of rotatable bonds is 26. The van der Waals surface area contributed by atoms with Gasteiger partial charge in [0.1, 0.15) is 12.4 Å². The van der Waals surface area contributed by atoms with E-state index in [1.165, 1.54) is 161 Å². The van der Waals surface area contributed by atoms with Gasteiger partial charge in [0.2, 0.25) is 0 Å². The first-order valence-electron chi connectivity index (χ1n) is 15.9. The molecule has 0 bridgehead atoms. The summed E-state index contributed by atoms with van der Waals surface area (Å²) in [7, 11) is 0. The molecule has 0 saturated carbocycles. The molecule has 1 aromatic heterocycles. The van der Waals surface area contributed by atoms with Crippen LogP contribution in [0.5, 0.6) is 0 Å². The van der Waals surface area contributed by atoms with Crippen LogP contribution in [0.4, 0.5) is 0 Å². The molecule has 0 aliphatic heterocycles. The molecular formula is C32H63N2+. The van der Waals surface area contributed by atoms with Gasteiger partial charge >= 0.3 is 0 Å². The third kappa shape index (κ3) is 16.8. The van der Waals surface area contributed by atoms with E-state index in [0.29, 0.717) is 0 Å². The summed E-state index contributed by atoms with van der Waals surface area (Å²) < 4.78 is 5.05. The molecule has 0 aliphatic carbocycles. The minimum absolute atomic E-state index is 1.11. The zero-order chi connectivity index (χ0) is 24.5. The molecule has 0 N–H and O–H groups in total. The summed E-state index contributed by atoms with van der Waals surface area (Å²) in [6.07, 6.45) is 38.8. The molecule has 0 saturated heterocycles. The fourth-order valence-electron chi connectivity index (χ4n) is 5.35. The van der Waals surface area contributed by atoms with Crippen LogP contribution in [0.25, 0.3) is 0 Å². The van der Waals surface area contributed by atoms with Gasteiger partial charge in [-0.25, -0.2) is 9.13 Å². The second-order valence-corrected chi connectivity index (χ2v) is 10.9. The molecule has 0 amide bonds. The molecule has 2 nitrogen and oxygen atoms in total. The van der Waals surface area contributed by atoms with E-state index in [1.54, 1.807) is 5.82 Å². The van der Waals surface area contributed by atoms with Crippen molar-refractivity contribution in [2.45, 2.75) is 188 Å². The van der Waals surface area contributed by atoms with E-state index in [2.05, 4.69) is 42.3 Å². The largest absolute Gasteiger partial charge is 0.256 e. The lowest BCUT2D eigenvalue weighted by atomic mass is 10.0. The van der Waals surface area contributed by atoms with Crippen molar-refractivity contribution < 1.29 is 4.57 Å². The predicted octanol–water partition coefficient (Wildman–Crippen LogP) is 10.4. The number of imidazole rings is 1. The monoisotopic (exact) mass is 475 g/mol. The van der Waals surface area contributed by atoms with E-state index in [9.17, 15) is 0 Å². The van der Waals surface area contributed by atoms with E-state index in [0.717, 1.165) is 6.54 Å². The van der Waals surface area contributed by atoms with Crippen LogP contribution >= 0.6 is 0 Å². The van der Waals surface area contributed by atoms with Crippen LogP contribution in [0, 0.1) is 0 Å². The van der Waals surface area contributed by atoms with Crippen molar-refractivity contribution in [3.05, 3.63) is 18.2 Å². The first-order valence-corrected chi connectivity index (χ1v) is 15.9. The van der Waals surface area contributed by atoms with E-state index in [-0.39, 0.29) is 0 Å². The van der Waals surface area contributed by atoms with Gasteiger partial charge in [0, 0.05) is 6.42 Å². The molecule has 34 heavy (non-hydrogen) atoms. The van der Waals surface area contributed by atoms with Crippen LogP contribution in [-0.2, 0) is 19.5 Å². The third-order valence-electron chi connectivity index (χ3n) is 7.69. The normalized spacial score (nSPS) is 11.5. The zero-order valence-corrected chi connectivity index (χ0v) is 23.9. The third-order valence-corrected chi connectivity index (χ3v) is 7.69. The Balaban J connectivity index is 2.04.